The van der Waals surface area contributed by atoms with Gasteiger partial charge in [-0.25, -0.2) is 8.78 Å². The van der Waals surface area contributed by atoms with E-state index in [1.807, 2.05) is 0 Å². The first-order chi connectivity index (χ1) is 4.37. The predicted octanol–water partition coefficient (Wildman–Crippen LogP) is -0.821. The van der Waals surface area contributed by atoms with Crippen LogP contribution in [0.5, 0.6) is 0 Å². The Morgan fingerprint density at radius 2 is 1.45 bits per heavy atom. The molecule has 0 fully saturated rings. The van der Waals surface area contributed by atoms with Crippen LogP contribution in [-0.4, -0.2) is 12.4 Å². The Morgan fingerprint density at radius 3 is 1.45 bits per heavy atom. The van der Waals surface area contributed by atoms with Gasteiger partial charge in [-0.05, 0) is 0 Å². The summed E-state index contributed by atoms with van der Waals surface area (Å²) in [6.45, 7) is 0. The first-order valence-electron chi connectivity index (χ1n) is 1.62. The van der Waals surface area contributed by atoms with Gasteiger partial charge >= 0.3 is 17.1 Å². The Labute approximate surface area is 72.1 Å². The zero-order valence-electron chi connectivity index (χ0n) is 4.55. The first-order valence-corrected chi connectivity index (χ1v) is 2.60. The monoisotopic (exact) mass is 241 g/mol. The number of alkyl halides is 2. The van der Waals surface area contributed by atoms with E-state index in [1.54, 1.807) is 0 Å². The van der Waals surface area contributed by atoms with Crippen LogP contribution in [0.1, 0.15) is 0 Å². The molecule has 0 heterocycles. The fourth-order valence-electron chi connectivity index (χ4n) is 0. The first kappa shape index (κ1) is 17.0. The number of aliphatic carboxylic acids is 1. The molecule has 0 aliphatic carbocycles. The molecule has 0 aromatic rings. The number of hydrogen-bond acceptors (Lipinski definition) is 5. The molecule has 0 rings (SSSR count). The van der Waals surface area contributed by atoms with Gasteiger partial charge in [0.1, 0.15) is 5.97 Å². The summed E-state index contributed by atoms with van der Waals surface area (Å²) in [4.78, 5) is 8.84. The van der Waals surface area contributed by atoms with Crippen LogP contribution >= 0.6 is 0 Å². The van der Waals surface area contributed by atoms with Crippen LogP contribution < -0.4 is 5.11 Å². The second-order valence-corrected chi connectivity index (χ2v) is 1.20. The number of carbonyl (C=O) groups is 1. The molecule has 0 aromatic heterocycles. The van der Waals surface area contributed by atoms with E-state index in [2.05, 4.69) is 0 Å². The molecule has 0 amide bonds. The van der Waals surface area contributed by atoms with Crippen LogP contribution in [0.2, 0.25) is 0 Å². The zero-order chi connectivity index (χ0) is 8.73. The minimum absolute atomic E-state index is 0. The van der Waals surface area contributed by atoms with Gasteiger partial charge in [-0.15, -0.1) is 0 Å². The predicted molar refractivity (Wildman–Crippen MR) is 20.9 cm³/mol. The van der Waals surface area contributed by atoms with Crippen molar-refractivity contribution in [3.63, 3.8) is 0 Å². The van der Waals surface area contributed by atoms with Gasteiger partial charge < -0.3 is 22.2 Å². The Morgan fingerprint density at radius 1 is 1.36 bits per heavy atom. The van der Waals surface area contributed by atoms with E-state index in [-0.39, 0.29) is 17.1 Å². The van der Waals surface area contributed by atoms with Crippen LogP contribution in [0.4, 0.5) is 12.7 Å². The summed E-state index contributed by atoms with van der Waals surface area (Å²) in [6.07, 6.45) is -3.34. The molecule has 11 heavy (non-hydrogen) atoms. The number of carboxylic acid groups (broad SMARTS) is 1. The molecule has 0 N–H and O–H groups in total. The van der Waals surface area contributed by atoms with Gasteiger partial charge in [-0.1, -0.05) is 0 Å². The third kappa shape index (κ3) is 41.8. The molecule has 71 valence electrons. The number of hydrogen-bond donors (Lipinski definition) is 0. The van der Waals surface area contributed by atoms with E-state index in [0.717, 1.165) is 0 Å². The van der Waals surface area contributed by atoms with E-state index < -0.39 is 23.5 Å². The van der Waals surface area contributed by atoms with E-state index in [4.69, 9.17) is 18.3 Å². The Bertz CT molecular complexity index is 161. The molecular formula is C2HCuF3O4S. The minimum atomic E-state index is -3.36. The molecule has 0 aliphatic rings. The zero-order valence-corrected chi connectivity index (χ0v) is 6.31. The number of carboxylic acids is 1. The molecule has 0 atom stereocenters. The van der Waals surface area contributed by atoms with Crippen molar-refractivity contribution in [1.29, 1.82) is 0 Å². The van der Waals surface area contributed by atoms with Gasteiger partial charge in [0.05, 0.1) is 11.1 Å². The molecule has 0 saturated carbocycles. The van der Waals surface area contributed by atoms with E-state index >= 15 is 0 Å². The molecule has 9 heteroatoms. The molecule has 0 unspecified atom stereocenters. The topological polar surface area (TPSA) is 74.3 Å². The molecule has 4 nitrogen and oxygen atoms in total. The van der Waals surface area contributed by atoms with Crippen LogP contribution in [0.3, 0.4) is 0 Å². The normalized spacial score (nSPS) is 8.09. The Balaban J connectivity index is -0.000000114. The molecular weight excluding hydrogens is 241 g/mol. The summed E-state index contributed by atoms with van der Waals surface area (Å²) in [5.74, 6) is -2.32. The maximum atomic E-state index is 10.5. The third-order valence-electron chi connectivity index (χ3n) is 0.178. The fraction of sp³-hybridized carbons (Fsp3) is 0.500. The van der Waals surface area contributed by atoms with Gasteiger partial charge in [0.2, 0.25) is 0 Å². The third-order valence-corrected chi connectivity index (χ3v) is 0.178. The van der Waals surface area contributed by atoms with Gasteiger partial charge in [-0.3, -0.25) is 0 Å². The van der Waals surface area contributed by atoms with E-state index in [0.29, 0.717) is 0 Å². The van der Waals surface area contributed by atoms with Crippen molar-refractivity contribution in [3.8, 4) is 0 Å². The van der Waals surface area contributed by atoms with Gasteiger partial charge in [0.15, 0.2) is 0 Å². The average molecular weight is 242 g/mol. The molecule has 0 aromatic carbocycles. The average Bonchev–Trinajstić information content (AvgIpc) is 1.63. The Kier molecular flexibility index (Phi) is 15.0. The van der Waals surface area contributed by atoms with Crippen LogP contribution in [-0.2, 0) is 41.4 Å². The van der Waals surface area contributed by atoms with Crippen LogP contribution in [0, 0.1) is 0 Å². The molecule has 0 saturated heterocycles. The van der Waals surface area contributed by atoms with Crippen molar-refractivity contribution in [3.05, 3.63) is 0 Å². The maximum absolute atomic E-state index is 10.5. The smallest absolute Gasteiger partial charge is 0.544 e. The second-order valence-electron chi connectivity index (χ2n) is 0.814. The standard InChI is InChI=1S/C2H2F2O2.Cu.FO2S/c3-1(4)2(5)6;;1-4(2)3/h1H,(H,5,6);;/q;+2;-1/p-1. The molecule has 0 spiro atoms. The van der Waals surface area contributed by atoms with Crippen molar-refractivity contribution >= 4 is 17.1 Å². The SMILES string of the molecule is O=C([O-])C(F)F.O=[S-](=O)F.[Cu+2]. The minimum Gasteiger partial charge on any atom is -0.544 e. The summed E-state index contributed by atoms with van der Waals surface area (Å²) >= 11 is -3.36. The Hall–Kier alpha value is -0.271. The van der Waals surface area contributed by atoms with E-state index in [1.165, 1.54) is 0 Å². The van der Waals surface area contributed by atoms with Gasteiger partial charge in [0.25, 0.3) is 6.43 Å². The quantitative estimate of drug-likeness (QED) is 0.342. The van der Waals surface area contributed by atoms with Crippen LogP contribution in [0.15, 0.2) is 0 Å². The molecule has 0 bridgehead atoms. The van der Waals surface area contributed by atoms with Crippen molar-refractivity contribution < 1.29 is 48.1 Å². The van der Waals surface area contributed by atoms with Crippen molar-refractivity contribution in [2.24, 2.45) is 0 Å². The van der Waals surface area contributed by atoms with E-state index in [9.17, 15) is 12.7 Å². The summed E-state index contributed by atoms with van der Waals surface area (Å²) in [5.41, 5.74) is 0. The molecule has 0 aliphatic heterocycles. The summed E-state index contributed by atoms with van der Waals surface area (Å²) in [7, 11) is 0. The maximum Gasteiger partial charge on any atom is 2.00 e. The second kappa shape index (κ2) is 9.73. The fourth-order valence-corrected chi connectivity index (χ4v) is 0. The number of rotatable bonds is 1. The summed E-state index contributed by atoms with van der Waals surface area (Å²) in [5, 5.41) is 8.84. The van der Waals surface area contributed by atoms with Crippen molar-refractivity contribution in [1.82, 2.24) is 0 Å². The van der Waals surface area contributed by atoms with Crippen molar-refractivity contribution in [2.75, 3.05) is 0 Å². The van der Waals surface area contributed by atoms with Crippen LogP contribution in [0.25, 0.3) is 0 Å². The number of carbonyl (C=O) groups excluding carboxylic acids is 1. The summed E-state index contributed by atoms with van der Waals surface area (Å²) < 4.78 is 47.6. The number of halogens is 3. The van der Waals surface area contributed by atoms with Gasteiger partial charge in [0, 0.05) is 0 Å². The molecule has 1 radical (unpaired) electrons. The largest absolute Gasteiger partial charge is 2.00 e. The van der Waals surface area contributed by atoms with Gasteiger partial charge in [-0.2, -0.15) is 0 Å². The van der Waals surface area contributed by atoms with Crippen molar-refractivity contribution in [2.45, 2.75) is 6.43 Å². The summed E-state index contributed by atoms with van der Waals surface area (Å²) in [6, 6.07) is 0.